The molecule has 0 spiro atoms. The monoisotopic (exact) mass is 398 g/mol. The molecule has 4 nitrogen and oxygen atoms in total. The van der Waals surface area contributed by atoms with Gasteiger partial charge in [-0.3, -0.25) is 0 Å². The second kappa shape index (κ2) is 7.50. The van der Waals surface area contributed by atoms with Gasteiger partial charge in [0.05, 0.1) is 16.7 Å². The Bertz CT molecular complexity index is 1140. The van der Waals surface area contributed by atoms with Gasteiger partial charge >= 0.3 is 0 Å². The van der Waals surface area contributed by atoms with Gasteiger partial charge in [0.1, 0.15) is 10.0 Å². The molecule has 0 saturated carbocycles. The van der Waals surface area contributed by atoms with Crippen LogP contribution in [0.4, 0.5) is 8.78 Å². The Morgan fingerprint density at radius 2 is 1.63 bits per heavy atom. The van der Waals surface area contributed by atoms with Crippen LogP contribution in [0.15, 0.2) is 51.8 Å². The van der Waals surface area contributed by atoms with Crippen LogP contribution in [0, 0.1) is 18.6 Å². The molecule has 0 atom stereocenters. The van der Waals surface area contributed by atoms with Gasteiger partial charge in [-0.2, -0.15) is 0 Å². The summed E-state index contributed by atoms with van der Waals surface area (Å²) in [4.78, 5) is 8.95. The Hall–Kier alpha value is -2.71. The molecular formula is C19H12F2N4S2. The smallest absolute Gasteiger partial charge is 0.180 e. The highest BCUT2D eigenvalue weighted by atomic mass is 32.2. The molecule has 2 heterocycles. The van der Waals surface area contributed by atoms with E-state index in [1.165, 1.54) is 23.1 Å². The number of aromatic nitrogens is 4. The largest absolute Gasteiger partial charge is 0.244 e. The number of fused-ring (bicyclic) bond motifs is 1. The molecule has 8 heteroatoms. The summed E-state index contributed by atoms with van der Waals surface area (Å²) in [7, 11) is 0. The number of nitrogens with zero attached hydrogens (tertiary/aromatic N) is 4. The van der Waals surface area contributed by atoms with Crippen molar-refractivity contribution in [3.05, 3.63) is 70.4 Å². The van der Waals surface area contributed by atoms with Crippen molar-refractivity contribution in [3.63, 3.8) is 0 Å². The molecule has 2 aromatic carbocycles. The Balaban J connectivity index is 1.81. The lowest BCUT2D eigenvalue weighted by molar-refractivity contribution is 0.510. The maximum absolute atomic E-state index is 13.6. The Morgan fingerprint density at radius 3 is 2.30 bits per heavy atom. The van der Waals surface area contributed by atoms with Gasteiger partial charge in [-0.05, 0) is 30.3 Å². The third-order valence-electron chi connectivity index (χ3n) is 3.62. The zero-order valence-electron chi connectivity index (χ0n) is 14.1. The SMILES string of the molecule is Cc1nnc(Sc2nc3cc(F)c(F)cc3nc2/C=C/c2ccccc2)s1. The minimum atomic E-state index is -0.952. The summed E-state index contributed by atoms with van der Waals surface area (Å²) in [6.07, 6.45) is 3.70. The number of hydrogen-bond donors (Lipinski definition) is 0. The third kappa shape index (κ3) is 4.01. The van der Waals surface area contributed by atoms with Crippen LogP contribution in [0.5, 0.6) is 0 Å². The normalized spacial score (nSPS) is 11.5. The summed E-state index contributed by atoms with van der Waals surface area (Å²) in [5.41, 5.74) is 2.12. The quantitative estimate of drug-likeness (QED) is 0.461. The van der Waals surface area contributed by atoms with Crippen LogP contribution >= 0.6 is 23.1 Å². The molecule has 134 valence electrons. The van der Waals surface area contributed by atoms with Crippen LogP contribution in [-0.4, -0.2) is 20.2 Å². The average molecular weight is 398 g/mol. The molecule has 0 amide bonds. The highest BCUT2D eigenvalue weighted by Gasteiger charge is 2.14. The van der Waals surface area contributed by atoms with Crippen molar-refractivity contribution in [1.29, 1.82) is 0 Å². The van der Waals surface area contributed by atoms with Crippen LogP contribution in [0.3, 0.4) is 0 Å². The first-order chi connectivity index (χ1) is 13.1. The van der Waals surface area contributed by atoms with Crippen LogP contribution in [-0.2, 0) is 0 Å². The van der Waals surface area contributed by atoms with Crippen molar-refractivity contribution in [1.82, 2.24) is 20.2 Å². The van der Waals surface area contributed by atoms with Gasteiger partial charge in [-0.25, -0.2) is 18.7 Å². The molecule has 0 aliphatic heterocycles. The fourth-order valence-corrected chi connectivity index (χ4v) is 4.17. The van der Waals surface area contributed by atoms with E-state index in [0.717, 1.165) is 22.7 Å². The van der Waals surface area contributed by atoms with Gasteiger partial charge in [-0.15, -0.1) is 10.2 Å². The summed E-state index contributed by atoms with van der Waals surface area (Å²) >= 11 is 2.73. The number of halogens is 2. The summed E-state index contributed by atoms with van der Waals surface area (Å²) in [6.45, 7) is 1.86. The van der Waals surface area contributed by atoms with E-state index in [0.29, 0.717) is 20.6 Å². The topological polar surface area (TPSA) is 51.6 Å². The highest BCUT2D eigenvalue weighted by Crippen LogP contribution is 2.32. The van der Waals surface area contributed by atoms with Crippen molar-refractivity contribution in [3.8, 4) is 0 Å². The molecule has 0 unspecified atom stereocenters. The zero-order chi connectivity index (χ0) is 18.8. The number of hydrogen-bond acceptors (Lipinski definition) is 6. The molecule has 0 fully saturated rings. The van der Waals surface area contributed by atoms with E-state index < -0.39 is 11.6 Å². The fourth-order valence-electron chi connectivity index (χ4n) is 2.37. The molecule has 0 N–H and O–H groups in total. The Labute approximate surface area is 162 Å². The van der Waals surface area contributed by atoms with E-state index in [2.05, 4.69) is 20.2 Å². The lowest BCUT2D eigenvalue weighted by Gasteiger charge is -2.06. The van der Waals surface area contributed by atoms with E-state index in [1.807, 2.05) is 43.3 Å². The van der Waals surface area contributed by atoms with Crippen LogP contribution in [0.2, 0.25) is 0 Å². The van der Waals surface area contributed by atoms with Gasteiger partial charge in [0, 0.05) is 12.1 Å². The predicted molar refractivity (Wildman–Crippen MR) is 104 cm³/mol. The fraction of sp³-hybridized carbons (Fsp3) is 0.0526. The lowest BCUT2D eigenvalue weighted by atomic mass is 10.2. The van der Waals surface area contributed by atoms with Crippen LogP contribution < -0.4 is 0 Å². The molecule has 27 heavy (non-hydrogen) atoms. The van der Waals surface area contributed by atoms with E-state index in [1.54, 1.807) is 6.08 Å². The Kier molecular flexibility index (Phi) is 4.91. The number of rotatable bonds is 4. The van der Waals surface area contributed by atoms with E-state index in [4.69, 9.17) is 0 Å². The summed E-state index contributed by atoms with van der Waals surface area (Å²) in [6, 6.07) is 11.8. The van der Waals surface area contributed by atoms with E-state index >= 15 is 0 Å². The van der Waals surface area contributed by atoms with Gasteiger partial charge in [0.25, 0.3) is 0 Å². The van der Waals surface area contributed by atoms with Crippen LogP contribution in [0.1, 0.15) is 16.3 Å². The predicted octanol–water partition coefficient (Wildman–Crippen LogP) is 5.39. The average Bonchev–Trinajstić information content (AvgIpc) is 3.07. The number of benzene rings is 2. The van der Waals surface area contributed by atoms with Crippen molar-refractivity contribution in [2.45, 2.75) is 16.3 Å². The summed E-state index contributed by atoms with van der Waals surface area (Å²) in [5.74, 6) is -1.90. The summed E-state index contributed by atoms with van der Waals surface area (Å²) in [5, 5.41) is 9.47. The summed E-state index contributed by atoms with van der Waals surface area (Å²) < 4.78 is 27.9. The van der Waals surface area contributed by atoms with Crippen molar-refractivity contribution in [2.24, 2.45) is 0 Å². The minimum absolute atomic E-state index is 0.287. The minimum Gasteiger partial charge on any atom is -0.244 e. The Morgan fingerprint density at radius 1 is 0.926 bits per heavy atom. The maximum Gasteiger partial charge on any atom is 0.180 e. The molecule has 0 bridgehead atoms. The van der Waals surface area contributed by atoms with Gasteiger partial charge in [0.15, 0.2) is 16.0 Å². The molecule has 4 rings (SSSR count). The molecule has 0 aliphatic carbocycles. The number of aryl methyl sites for hydroxylation is 1. The van der Waals surface area contributed by atoms with Gasteiger partial charge in [-0.1, -0.05) is 47.7 Å². The van der Waals surface area contributed by atoms with E-state index in [9.17, 15) is 8.78 Å². The highest BCUT2D eigenvalue weighted by molar-refractivity contribution is 8.01. The van der Waals surface area contributed by atoms with E-state index in [-0.39, 0.29) is 5.52 Å². The second-order valence-electron chi connectivity index (χ2n) is 5.60. The van der Waals surface area contributed by atoms with Crippen LogP contribution in [0.25, 0.3) is 23.2 Å². The molecule has 0 aliphatic rings. The lowest BCUT2D eigenvalue weighted by Crippen LogP contribution is -1.95. The van der Waals surface area contributed by atoms with Gasteiger partial charge < -0.3 is 0 Å². The first-order valence-corrected chi connectivity index (χ1v) is 9.60. The molecule has 0 saturated heterocycles. The maximum atomic E-state index is 13.6. The van der Waals surface area contributed by atoms with Crippen molar-refractivity contribution >= 4 is 46.3 Å². The second-order valence-corrected chi connectivity index (χ2v) is 8.02. The van der Waals surface area contributed by atoms with Crippen molar-refractivity contribution in [2.75, 3.05) is 0 Å². The van der Waals surface area contributed by atoms with Gasteiger partial charge in [0.2, 0.25) is 0 Å². The molecule has 4 aromatic rings. The zero-order valence-corrected chi connectivity index (χ0v) is 15.7. The standard InChI is InChI=1S/C19H12F2N4S2/c1-11-24-25-19(26-11)27-18-15(8-7-12-5-3-2-4-6-12)22-16-9-13(20)14(21)10-17(16)23-18/h2-10H,1H3/b8-7+. The molecule has 2 aromatic heterocycles. The molecular weight excluding hydrogens is 386 g/mol. The third-order valence-corrected chi connectivity index (χ3v) is 5.51. The van der Waals surface area contributed by atoms with Crippen molar-refractivity contribution < 1.29 is 8.78 Å². The molecule has 0 radical (unpaired) electrons. The first-order valence-electron chi connectivity index (χ1n) is 7.96. The first kappa shape index (κ1) is 17.7.